The van der Waals surface area contributed by atoms with E-state index in [0.29, 0.717) is 0 Å². The molecule has 0 atom stereocenters. The van der Waals surface area contributed by atoms with Crippen LogP contribution in [0.25, 0.3) is 43.7 Å². The van der Waals surface area contributed by atoms with Gasteiger partial charge >= 0.3 is 0 Å². The largest absolute Gasteiger partial charge is 0.455 e. The van der Waals surface area contributed by atoms with Crippen molar-refractivity contribution in [1.82, 2.24) is 4.57 Å². The van der Waals surface area contributed by atoms with E-state index in [1.807, 2.05) is 6.07 Å². The zero-order valence-corrected chi connectivity index (χ0v) is 14.0. The van der Waals surface area contributed by atoms with Crippen molar-refractivity contribution in [3.05, 3.63) is 60.2 Å². The summed E-state index contributed by atoms with van der Waals surface area (Å²) in [4.78, 5) is 0. The van der Waals surface area contributed by atoms with Crippen LogP contribution in [0.4, 0.5) is 0 Å². The van der Waals surface area contributed by atoms with Gasteiger partial charge in [-0.15, -0.1) is 0 Å². The molecule has 0 N–H and O–H groups in total. The second-order valence-electron chi connectivity index (χ2n) is 6.56. The molecule has 0 aliphatic heterocycles. The van der Waals surface area contributed by atoms with E-state index in [1.54, 1.807) is 0 Å². The van der Waals surface area contributed by atoms with Crippen LogP contribution in [0.2, 0.25) is 0 Å². The fraction of sp³-hybridized carbons (Fsp3) is 0.182. The van der Waals surface area contributed by atoms with Gasteiger partial charge in [0.1, 0.15) is 11.2 Å². The van der Waals surface area contributed by atoms with Crippen molar-refractivity contribution < 1.29 is 4.42 Å². The van der Waals surface area contributed by atoms with Gasteiger partial charge in [-0.3, -0.25) is 0 Å². The number of rotatable bonds is 2. The first-order chi connectivity index (χ1) is 11.8. The Bertz CT molecular complexity index is 1220. The van der Waals surface area contributed by atoms with Crippen LogP contribution in [0.5, 0.6) is 0 Å². The Labute approximate surface area is 140 Å². The van der Waals surface area contributed by atoms with E-state index in [1.165, 1.54) is 38.1 Å². The molecule has 2 heteroatoms. The monoisotopic (exact) mass is 313 g/mol. The molecular formula is C22H19NO. The predicted molar refractivity (Wildman–Crippen MR) is 102 cm³/mol. The molecule has 5 rings (SSSR count). The molecule has 3 aromatic carbocycles. The van der Waals surface area contributed by atoms with Crippen LogP contribution in [0.3, 0.4) is 0 Å². The standard InChI is InChI=1S/C22H19NO/c1-3-8-14-13-17-15-9-5-7-12-19(15)24-22(17)20-16-10-4-6-11-18(16)23(2)21(14)20/h4-7,9-13H,3,8H2,1-2H3. The molecule has 0 amide bonds. The van der Waals surface area contributed by atoms with E-state index in [9.17, 15) is 0 Å². The van der Waals surface area contributed by atoms with Crippen LogP contribution >= 0.6 is 0 Å². The third-order valence-corrected chi connectivity index (χ3v) is 5.11. The van der Waals surface area contributed by atoms with E-state index in [4.69, 9.17) is 4.42 Å². The van der Waals surface area contributed by atoms with E-state index in [-0.39, 0.29) is 0 Å². The van der Waals surface area contributed by atoms with Gasteiger partial charge in [-0.05, 0) is 30.2 Å². The highest BCUT2D eigenvalue weighted by Crippen LogP contribution is 2.40. The van der Waals surface area contributed by atoms with Crippen molar-refractivity contribution in [3.8, 4) is 0 Å². The molecule has 2 aromatic heterocycles. The van der Waals surface area contributed by atoms with Crippen molar-refractivity contribution in [2.24, 2.45) is 7.05 Å². The zero-order chi connectivity index (χ0) is 16.3. The molecule has 0 saturated carbocycles. The third kappa shape index (κ3) is 1.66. The highest BCUT2D eigenvalue weighted by Gasteiger charge is 2.19. The molecule has 118 valence electrons. The van der Waals surface area contributed by atoms with E-state index in [2.05, 4.69) is 67.1 Å². The van der Waals surface area contributed by atoms with E-state index in [0.717, 1.165) is 24.0 Å². The van der Waals surface area contributed by atoms with Gasteiger partial charge in [0.05, 0.1) is 10.9 Å². The van der Waals surface area contributed by atoms with Crippen molar-refractivity contribution in [3.63, 3.8) is 0 Å². The Morgan fingerprint density at radius 1 is 0.917 bits per heavy atom. The molecule has 0 aliphatic carbocycles. The highest BCUT2D eigenvalue weighted by atomic mass is 16.3. The number of aryl methyl sites for hydroxylation is 2. The smallest absolute Gasteiger partial charge is 0.145 e. The minimum atomic E-state index is 0.968. The fourth-order valence-corrected chi connectivity index (χ4v) is 4.10. The Balaban J connectivity index is 2.12. The maximum atomic E-state index is 6.31. The summed E-state index contributed by atoms with van der Waals surface area (Å²) in [5.41, 5.74) is 5.96. The molecule has 0 spiro atoms. The molecule has 0 bridgehead atoms. The SMILES string of the molecule is CCCc1cc2c3ccccc3oc2c2c3ccccc3n(C)c12. The highest BCUT2D eigenvalue weighted by molar-refractivity contribution is 6.24. The lowest BCUT2D eigenvalue weighted by atomic mass is 10.0. The molecule has 0 radical (unpaired) electrons. The Morgan fingerprint density at radius 2 is 1.67 bits per heavy atom. The predicted octanol–water partition coefficient (Wildman–Crippen LogP) is 6.18. The topological polar surface area (TPSA) is 18.1 Å². The quantitative estimate of drug-likeness (QED) is 0.380. The van der Waals surface area contributed by atoms with Crippen molar-refractivity contribution in [1.29, 1.82) is 0 Å². The Kier molecular flexibility index (Phi) is 2.78. The molecule has 2 heterocycles. The lowest BCUT2D eigenvalue weighted by Crippen LogP contribution is -1.93. The molecule has 24 heavy (non-hydrogen) atoms. The van der Waals surface area contributed by atoms with Gasteiger partial charge in [-0.1, -0.05) is 49.7 Å². The van der Waals surface area contributed by atoms with Gasteiger partial charge in [0.2, 0.25) is 0 Å². The fourth-order valence-electron chi connectivity index (χ4n) is 4.10. The molecule has 5 aromatic rings. The molecule has 0 aliphatic rings. The average Bonchev–Trinajstić information content (AvgIpc) is 3.12. The van der Waals surface area contributed by atoms with Gasteiger partial charge < -0.3 is 8.98 Å². The molecule has 0 unspecified atom stereocenters. The first-order valence-electron chi connectivity index (χ1n) is 8.60. The molecule has 2 nitrogen and oxygen atoms in total. The molecular weight excluding hydrogens is 294 g/mol. The van der Waals surface area contributed by atoms with Crippen LogP contribution in [0.15, 0.2) is 59.0 Å². The second-order valence-corrected chi connectivity index (χ2v) is 6.56. The zero-order valence-electron chi connectivity index (χ0n) is 14.0. The summed E-state index contributed by atoms with van der Waals surface area (Å²) in [7, 11) is 2.16. The number of furan rings is 1. The van der Waals surface area contributed by atoms with Gasteiger partial charge in [-0.2, -0.15) is 0 Å². The minimum absolute atomic E-state index is 0.968. The first kappa shape index (κ1) is 13.7. The number of nitrogens with zero attached hydrogens (tertiary/aromatic N) is 1. The lowest BCUT2D eigenvalue weighted by Gasteiger charge is -2.06. The number of hydrogen-bond donors (Lipinski definition) is 0. The van der Waals surface area contributed by atoms with Crippen LogP contribution in [-0.2, 0) is 13.5 Å². The summed E-state index contributed by atoms with van der Waals surface area (Å²) < 4.78 is 8.63. The number of aromatic nitrogens is 1. The van der Waals surface area contributed by atoms with Crippen molar-refractivity contribution in [2.45, 2.75) is 19.8 Å². The van der Waals surface area contributed by atoms with Crippen LogP contribution in [0.1, 0.15) is 18.9 Å². The molecule has 0 saturated heterocycles. The summed E-state index contributed by atoms with van der Waals surface area (Å²) in [5, 5.41) is 4.97. The summed E-state index contributed by atoms with van der Waals surface area (Å²) >= 11 is 0. The van der Waals surface area contributed by atoms with Crippen LogP contribution in [0, 0.1) is 0 Å². The van der Waals surface area contributed by atoms with E-state index < -0.39 is 0 Å². The lowest BCUT2D eigenvalue weighted by molar-refractivity contribution is 0.672. The summed E-state index contributed by atoms with van der Waals surface area (Å²) in [6, 6.07) is 19.3. The minimum Gasteiger partial charge on any atom is -0.455 e. The van der Waals surface area contributed by atoms with Crippen molar-refractivity contribution >= 4 is 43.7 Å². The second kappa shape index (κ2) is 4.88. The van der Waals surface area contributed by atoms with Gasteiger partial charge in [0.15, 0.2) is 0 Å². The number of benzene rings is 3. The summed E-state index contributed by atoms with van der Waals surface area (Å²) in [6.07, 6.45) is 2.22. The average molecular weight is 313 g/mol. The van der Waals surface area contributed by atoms with Crippen LogP contribution in [-0.4, -0.2) is 4.57 Å². The maximum Gasteiger partial charge on any atom is 0.145 e. The number of fused-ring (bicyclic) bond motifs is 7. The van der Waals surface area contributed by atoms with Crippen molar-refractivity contribution in [2.75, 3.05) is 0 Å². The Hall–Kier alpha value is -2.74. The van der Waals surface area contributed by atoms with Gasteiger partial charge in [0, 0.05) is 28.7 Å². The Morgan fingerprint density at radius 3 is 2.50 bits per heavy atom. The third-order valence-electron chi connectivity index (χ3n) is 5.11. The maximum absolute atomic E-state index is 6.31. The number of hydrogen-bond acceptors (Lipinski definition) is 1. The number of para-hydroxylation sites is 2. The van der Waals surface area contributed by atoms with Gasteiger partial charge in [0.25, 0.3) is 0 Å². The first-order valence-corrected chi connectivity index (χ1v) is 8.60. The normalized spacial score (nSPS) is 12.1. The van der Waals surface area contributed by atoms with Gasteiger partial charge in [-0.25, -0.2) is 0 Å². The summed E-state index contributed by atoms with van der Waals surface area (Å²) in [5.74, 6) is 0. The molecule has 0 fully saturated rings. The summed E-state index contributed by atoms with van der Waals surface area (Å²) in [6.45, 7) is 2.24. The van der Waals surface area contributed by atoms with E-state index >= 15 is 0 Å². The van der Waals surface area contributed by atoms with Crippen LogP contribution < -0.4 is 0 Å².